The Morgan fingerprint density at radius 3 is 2.24 bits per heavy atom. The molecular formula is C17H18. The summed E-state index contributed by atoms with van der Waals surface area (Å²) in [6.45, 7) is 9.20. The van der Waals surface area contributed by atoms with Crippen LogP contribution in [0.5, 0.6) is 0 Å². The lowest BCUT2D eigenvalue weighted by Gasteiger charge is -1.99. The van der Waals surface area contributed by atoms with Crippen LogP contribution in [0, 0.1) is 0 Å². The lowest BCUT2D eigenvalue weighted by molar-refractivity contribution is 1.72. The number of allylic oxidation sites excluding steroid dienone is 3. The van der Waals surface area contributed by atoms with E-state index in [4.69, 9.17) is 0 Å². The van der Waals surface area contributed by atoms with Crippen LogP contribution >= 0.6 is 0 Å². The van der Waals surface area contributed by atoms with E-state index in [9.17, 15) is 0 Å². The van der Waals surface area contributed by atoms with Crippen LogP contribution < -0.4 is 0 Å². The van der Waals surface area contributed by atoms with Gasteiger partial charge < -0.3 is 0 Å². The average Bonchev–Trinajstić information content (AvgIpc) is 2.40. The Hall–Kier alpha value is -2.08. The molecule has 0 nitrogen and oxygen atoms in total. The highest BCUT2D eigenvalue weighted by molar-refractivity contribution is 5.90. The van der Waals surface area contributed by atoms with Gasteiger partial charge in [-0.05, 0) is 23.3 Å². The van der Waals surface area contributed by atoms with E-state index in [0.29, 0.717) is 0 Å². The van der Waals surface area contributed by atoms with Gasteiger partial charge >= 0.3 is 0 Å². The van der Waals surface area contributed by atoms with Gasteiger partial charge in [-0.15, -0.1) is 0 Å². The van der Waals surface area contributed by atoms with Crippen molar-refractivity contribution in [2.45, 2.75) is 6.92 Å². The van der Waals surface area contributed by atoms with Crippen molar-refractivity contribution in [1.82, 2.24) is 0 Å². The molecule has 0 aromatic heterocycles. The minimum absolute atomic E-state index is 1.20. The van der Waals surface area contributed by atoms with Crippen LogP contribution in [0.1, 0.15) is 12.5 Å². The highest BCUT2D eigenvalue weighted by Gasteiger charge is 1.93. The first kappa shape index (κ1) is 13.0. The quantitative estimate of drug-likeness (QED) is 0.610. The van der Waals surface area contributed by atoms with Crippen molar-refractivity contribution in [2.75, 3.05) is 0 Å². The molecule has 0 unspecified atom stereocenters. The fourth-order valence-electron chi connectivity index (χ4n) is 1.56. The fraction of sp³-hybridized carbons (Fsp3) is 0.0588. The third kappa shape index (κ3) is 3.76. The monoisotopic (exact) mass is 222 g/mol. The van der Waals surface area contributed by atoms with Crippen LogP contribution in [-0.2, 0) is 0 Å². The van der Waals surface area contributed by atoms with E-state index < -0.39 is 0 Å². The van der Waals surface area contributed by atoms with E-state index in [1.807, 2.05) is 25.2 Å². The van der Waals surface area contributed by atoms with Gasteiger partial charge in [0.25, 0.3) is 0 Å². The number of benzene rings is 2. The Labute approximate surface area is 104 Å². The molecule has 2 rings (SSSR count). The van der Waals surface area contributed by atoms with Crippen LogP contribution in [0.3, 0.4) is 0 Å². The average molecular weight is 222 g/mol. The van der Waals surface area contributed by atoms with Crippen molar-refractivity contribution < 1.29 is 0 Å². The molecule has 0 heterocycles. The van der Waals surface area contributed by atoms with Gasteiger partial charge in [0, 0.05) is 0 Å². The molecule has 0 aliphatic heterocycles. The van der Waals surface area contributed by atoms with Crippen LogP contribution in [0.2, 0.25) is 0 Å². The zero-order valence-corrected chi connectivity index (χ0v) is 10.3. The van der Waals surface area contributed by atoms with Gasteiger partial charge in [-0.25, -0.2) is 0 Å². The maximum absolute atomic E-state index is 3.78. The second-order valence-corrected chi connectivity index (χ2v) is 3.53. The summed E-state index contributed by atoms with van der Waals surface area (Å²) in [6.07, 6.45) is 7.47. The standard InChI is InChI=1S/C12H10.C5H8/c1-2-10-7-5-8-11-6-3-4-9-12(10)11;1-3-5-4-2/h2-9H,1H2;3-5H,1H2,2H3. The molecule has 0 bridgehead atoms. The molecule has 86 valence electrons. The zero-order chi connectivity index (χ0) is 12.5. The Balaban J connectivity index is 0.000000249. The van der Waals surface area contributed by atoms with Crippen molar-refractivity contribution >= 4 is 16.8 Å². The molecule has 0 spiro atoms. The number of rotatable bonds is 2. The van der Waals surface area contributed by atoms with E-state index >= 15 is 0 Å². The minimum Gasteiger partial charge on any atom is -0.0991 e. The van der Waals surface area contributed by atoms with Crippen molar-refractivity contribution in [1.29, 1.82) is 0 Å². The Morgan fingerprint density at radius 1 is 0.941 bits per heavy atom. The van der Waals surface area contributed by atoms with E-state index in [-0.39, 0.29) is 0 Å². The summed E-state index contributed by atoms with van der Waals surface area (Å²) < 4.78 is 0. The van der Waals surface area contributed by atoms with Gasteiger partial charge in [0.15, 0.2) is 0 Å². The zero-order valence-electron chi connectivity index (χ0n) is 10.3. The molecule has 0 radical (unpaired) electrons. The Kier molecular flexibility index (Phi) is 5.53. The molecule has 2 aromatic rings. The van der Waals surface area contributed by atoms with Crippen molar-refractivity contribution in [3.05, 3.63) is 79.4 Å². The molecule has 0 saturated carbocycles. The summed E-state index contributed by atoms with van der Waals surface area (Å²) in [5.74, 6) is 0. The second-order valence-electron chi connectivity index (χ2n) is 3.53. The molecule has 0 N–H and O–H groups in total. The summed E-state index contributed by atoms with van der Waals surface area (Å²) in [4.78, 5) is 0. The van der Waals surface area contributed by atoms with E-state index in [0.717, 1.165) is 0 Å². The molecule has 0 aliphatic rings. The lowest BCUT2D eigenvalue weighted by atomic mass is 10.1. The highest BCUT2D eigenvalue weighted by Crippen LogP contribution is 2.18. The van der Waals surface area contributed by atoms with Crippen LogP contribution in [0.4, 0.5) is 0 Å². The summed E-state index contributed by atoms with van der Waals surface area (Å²) in [7, 11) is 0. The van der Waals surface area contributed by atoms with Gasteiger partial charge in [0.2, 0.25) is 0 Å². The normalized spacial score (nSPS) is 9.71. The van der Waals surface area contributed by atoms with E-state index in [1.165, 1.54) is 16.3 Å². The maximum Gasteiger partial charge on any atom is -0.0112 e. The predicted octanol–water partition coefficient (Wildman–Crippen LogP) is 5.23. The van der Waals surface area contributed by atoms with E-state index in [2.05, 4.69) is 55.6 Å². The smallest absolute Gasteiger partial charge is 0.0112 e. The van der Waals surface area contributed by atoms with Crippen molar-refractivity contribution in [3.8, 4) is 0 Å². The summed E-state index contributed by atoms with van der Waals surface area (Å²) in [5.41, 5.74) is 1.20. The second kappa shape index (κ2) is 7.24. The van der Waals surface area contributed by atoms with Crippen LogP contribution in [0.15, 0.2) is 73.9 Å². The molecule has 0 aliphatic carbocycles. The molecule has 0 atom stereocenters. The molecule has 0 amide bonds. The first-order valence-corrected chi connectivity index (χ1v) is 5.67. The first-order valence-electron chi connectivity index (χ1n) is 5.67. The molecular weight excluding hydrogens is 204 g/mol. The van der Waals surface area contributed by atoms with Crippen LogP contribution in [0.25, 0.3) is 16.8 Å². The van der Waals surface area contributed by atoms with Gasteiger partial charge in [-0.1, -0.05) is 79.9 Å². The molecule has 0 heteroatoms. The summed E-state index contributed by atoms with van der Waals surface area (Å²) in [5, 5.41) is 2.55. The van der Waals surface area contributed by atoms with Crippen molar-refractivity contribution in [2.24, 2.45) is 0 Å². The predicted molar refractivity (Wildman–Crippen MR) is 79.1 cm³/mol. The topological polar surface area (TPSA) is 0 Å². The molecule has 17 heavy (non-hydrogen) atoms. The third-order valence-corrected chi connectivity index (χ3v) is 2.37. The van der Waals surface area contributed by atoms with Gasteiger partial charge in [0.1, 0.15) is 0 Å². The fourth-order valence-corrected chi connectivity index (χ4v) is 1.56. The number of fused-ring (bicyclic) bond motifs is 1. The maximum atomic E-state index is 3.78. The van der Waals surface area contributed by atoms with Gasteiger partial charge in [0.05, 0.1) is 0 Å². The first-order chi connectivity index (χ1) is 8.33. The van der Waals surface area contributed by atoms with Gasteiger partial charge in [-0.3, -0.25) is 0 Å². The van der Waals surface area contributed by atoms with Crippen LogP contribution in [-0.4, -0.2) is 0 Å². The summed E-state index contributed by atoms with van der Waals surface area (Å²) >= 11 is 0. The summed E-state index contributed by atoms with van der Waals surface area (Å²) in [6, 6.07) is 14.6. The molecule has 2 aromatic carbocycles. The minimum atomic E-state index is 1.20. The van der Waals surface area contributed by atoms with E-state index in [1.54, 1.807) is 6.08 Å². The Bertz CT molecular complexity index is 513. The number of hydrogen-bond acceptors (Lipinski definition) is 0. The lowest BCUT2D eigenvalue weighted by Crippen LogP contribution is -1.75. The number of hydrogen-bond donors (Lipinski definition) is 0. The Morgan fingerprint density at radius 2 is 1.65 bits per heavy atom. The highest BCUT2D eigenvalue weighted by atomic mass is 14.0. The largest absolute Gasteiger partial charge is 0.0991 e. The third-order valence-electron chi connectivity index (χ3n) is 2.37. The van der Waals surface area contributed by atoms with Gasteiger partial charge in [-0.2, -0.15) is 0 Å². The van der Waals surface area contributed by atoms with Crippen molar-refractivity contribution in [3.63, 3.8) is 0 Å². The molecule has 0 saturated heterocycles. The SMILES string of the molecule is C=CC=CC.C=Cc1cccc2ccccc12. The molecule has 0 fully saturated rings.